The van der Waals surface area contributed by atoms with E-state index in [-0.39, 0.29) is 5.60 Å². The molecule has 4 nitrogen and oxygen atoms in total. The molecule has 3 rings (SSSR count). The van der Waals surface area contributed by atoms with Crippen molar-refractivity contribution in [1.82, 2.24) is 0 Å². The smallest absolute Gasteiger partial charge is 0.335 e. The summed E-state index contributed by atoms with van der Waals surface area (Å²) in [6, 6.07) is 7.16. The lowest BCUT2D eigenvalue weighted by molar-refractivity contribution is -0.0769. The van der Waals surface area contributed by atoms with Crippen molar-refractivity contribution >= 4 is 17.7 Å². The minimum Gasteiger partial charge on any atom is -0.478 e. The highest BCUT2D eigenvalue weighted by Gasteiger charge is 2.41. The molecule has 108 valence electrons. The second-order valence-corrected chi connectivity index (χ2v) is 6.77. The largest absolute Gasteiger partial charge is 0.478 e. The van der Waals surface area contributed by atoms with Crippen LogP contribution in [0.1, 0.15) is 29.6 Å². The van der Waals surface area contributed by atoms with Crippen LogP contribution < -0.4 is 0 Å². The number of ether oxygens (including phenoxy) is 2. The summed E-state index contributed by atoms with van der Waals surface area (Å²) in [6.45, 7) is 2.24. The number of hydrogen-bond donors (Lipinski definition) is 1. The number of carboxylic acid groups (broad SMARTS) is 1. The van der Waals surface area contributed by atoms with Gasteiger partial charge in [0, 0.05) is 29.8 Å². The van der Waals surface area contributed by atoms with Gasteiger partial charge < -0.3 is 14.6 Å². The number of rotatable bonds is 3. The topological polar surface area (TPSA) is 55.8 Å². The molecule has 2 saturated heterocycles. The Kier molecular flexibility index (Phi) is 4.01. The van der Waals surface area contributed by atoms with E-state index in [9.17, 15) is 4.79 Å². The Hall–Kier alpha value is -1.04. The van der Waals surface area contributed by atoms with E-state index in [2.05, 4.69) is 0 Å². The summed E-state index contributed by atoms with van der Waals surface area (Å²) in [5.74, 6) is -0.875. The van der Waals surface area contributed by atoms with Crippen molar-refractivity contribution < 1.29 is 19.4 Å². The average Bonchev–Trinajstić information content (AvgIpc) is 2.87. The van der Waals surface area contributed by atoms with Crippen molar-refractivity contribution in [2.45, 2.75) is 35.0 Å². The maximum atomic E-state index is 11.0. The molecule has 1 aromatic carbocycles. The van der Waals surface area contributed by atoms with E-state index in [1.54, 1.807) is 30.0 Å². The second-order valence-electron chi connectivity index (χ2n) is 5.40. The number of carboxylic acids is 1. The second kappa shape index (κ2) is 5.76. The lowest BCUT2D eigenvalue weighted by Crippen LogP contribution is -2.41. The van der Waals surface area contributed by atoms with Crippen LogP contribution in [0.5, 0.6) is 0 Å². The fourth-order valence-electron chi connectivity index (χ4n) is 2.84. The predicted molar refractivity (Wildman–Crippen MR) is 76.4 cm³/mol. The van der Waals surface area contributed by atoms with Crippen LogP contribution in [-0.4, -0.2) is 41.7 Å². The molecule has 0 amide bonds. The molecule has 1 spiro atoms. The van der Waals surface area contributed by atoms with Gasteiger partial charge in [0.1, 0.15) is 0 Å². The van der Waals surface area contributed by atoms with Crippen LogP contribution in [0.15, 0.2) is 29.2 Å². The van der Waals surface area contributed by atoms with Gasteiger partial charge in [-0.25, -0.2) is 4.79 Å². The van der Waals surface area contributed by atoms with E-state index < -0.39 is 5.97 Å². The molecule has 2 unspecified atom stereocenters. The van der Waals surface area contributed by atoms with Gasteiger partial charge in [-0.05, 0) is 31.0 Å². The monoisotopic (exact) mass is 294 g/mol. The van der Waals surface area contributed by atoms with Crippen molar-refractivity contribution in [3.8, 4) is 0 Å². The highest BCUT2D eigenvalue weighted by atomic mass is 32.2. The summed E-state index contributed by atoms with van der Waals surface area (Å²) in [4.78, 5) is 12.0. The zero-order valence-electron chi connectivity index (χ0n) is 11.2. The van der Waals surface area contributed by atoms with Crippen molar-refractivity contribution in [2.75, 3.05) is 19.8 Å². The quantitative estimate of drug-likeness (QED) is 0.929. The number of carbonyl (C=O) groups is 1. The molecule has 1 N–H and O–H groups in total. The predicted octanol–water partition coefficient (Wildman–Crippen LogP) is 2.82. The van der Waals surface area contributed by atoms with E-state index in [4.69, 9.17) is 14.6 Å². The summed E-state index contributed by atoms with van der Waals surface area (Å²) in [5.41, 5.74) is 0.251. The van der Waals surface area contributed by atoms with E-state index in [1.165, 1.54) is 0 Å². The molecule has 0 aromatic heterocycles. The maximum Gasteiger partial charge on any atom is 0.335 e. The Bertz CT molecular complexity index is 496. The van der Waals surface area contributed by atoms with Crippen molar-refractivity contribution in [1.29, 1.82) is 0 Å². The highest BCUT2D eigenvalue weighted by Crippen LogP contribution is 2.40. The molecule has 5 heteroatoms. The van der Waals surface area contributed by atoms with Crippen molar-refractivity contribution in [3.05, 3.63) is 29.8 Å². The summed E-state index contributed by atoms with van der Waals surface area (Å²) in [5, 5.41) is 9.50. The van der Waals surface area contributed by atoms with Gasteiger partial charge >= 0.3 is 5.97 Å². The number of benzene rings is 1. The lowest BCUT2D eigenvalue weighted by Gasteiger charge is -2.36. The zero-order valence-corrected chi connectivity index (χ0v) is 12.0. The highest BCUT2D eigenvalue weighted by molar-refractivity contribution is 8.00. The van der Waals surface area contributed by atoms with Gasteiger partial charge in [-0.2, -0.15) is 0 Å². The molecule has 0 saturated carbocycles. The van der Waals surface area contributed by atoms with Gasteiger partial charge in [-0.3, -0.25) is 0 Å². The molecule has 2 fully saturated rings. The minimum atomic E-state index is -0.875. The first-order valence-electron chi connectivity index (χ1n) is 6.89. The lowest BCUT2D eigenvalue weighted by atomic mass is 9.93. The maximum absolute atomic E-state index is 11.0. The van der Waals surface area contributed by atoms with E-state index in [0.717, 1.165) is 37.4 Å². The Morgan fingerprint density at radius 1 is 1.40 bits per heavy atom. The van der Waals surface area contributed by atoms with Crippen LogP contribution in [0, 0.1) is 0 Å². The SMILES string of the molecule is O=C(O)c1cccc(SC2CCOC3(CCOC3)C2)c1. The van der Waals surface area contributed by atoms with Gasteiger partial charge in [-0.15, -0.1) is 11.8 Å². The van der Waals surface area contributed by atoms with E-state index in [0.29, 0.717) is 17.4 Å². The number of hydrogen-bond acceptors (Lipinski definition) is 4. The van der Waals surface area contributed by atoms with Crippen LogP contribution in [0.3, 0.4) is 0 Å². The molecule has 2 aliphatic heterocycles. The fourth-order valence-corrected chi connectivity index (χ4v) is 4.18. The Morgan fingerprint density at radius 2 is 2.30 bits per heavy atom. The molecule has 2 atom stereocenters. The van der Waals surface area contributed by atoms with Crippen molar-refractivity contribution in [3.63, 3.8) is 0 Å². The third-order valence-corrected chi connectivity index (χ3v) is 5.16. The average molecular weight is 294 g/mol. The minimum absolute atomic E-state index is 0.0969. The van der Waals surface area contributed by atoms with Crippen LogP contribution >= 0.6 is 11.8 Å². The Morgan fingerprint density at radius 3 is 3.05 bits per heavy atom. The number of thioether (sulfide) groups is 1. The fraction of sp³-hybridized carbons (Fsp3) is 0.533. The van der Waals surface area contributed by atoms with Crippen LogP contribution in [0.25, 0.3) is 0 Å². The third kappa shape index (κ3) is 3.00. The summed E-state index contributed by atoms with van der Waals surface area (Å²) >= 11 is 1.76. The normalized spacial score (nSPS) is 29.7. The van der Waals surface area contributed by atoms with Gasteiger partial charge in [0.2, 0.25) is 0 Å². The molecule has 1 aromatic rings. The van der Waals surface area contributed by atoms with Gasteiger partial charge in [0.25, 0.3) is 0 Å². The van der Waals surface area contributed by atoms with Gasteiger partial charge in [-0.1, -0.05) is 6.07 Å². The first-order valence-corrected chi connectivity index (χ1v) is 7.77. The molecule has 0 aliphatic carbocycles. The van der Waals surface area contributed by atoms with E-state index >= 15 is 0 Å². The molecule has 0 radical (unpaired) electrons. The standard InChI is InChI=1S/C15H18O4S/c16-14(17)11-2-1-3-12(8-11)20-13-4-6-19-15(9-13)5-7-18-10-15/h1-3,8,13H,4-7,9-10H2,(H,16,17). The van der Waals surface area contributed by atoms with E-state index in [1.807, 2.05) is 6.07 Å². The number of aromatic carboxylic acids is 1. The third-order valence-electron chi connectivity index (χ3n) is 3.90. The Balaban J connectivity index is 1.68. The first kappa shape index (κ1) is 13.9. The molecular weight excluding hydrogens is 276 g/mol. The summed E-state index contributed by atoms with van der Waals surface area (Å²) in [7, 11) is 0. The zero-order chi connectivity index (χ0) is 14.0. The molecule has 20 heavy (non-hydrogen) atoms. The van der Waals surface area contributed by atoms with Gasteiger partial charge in [0.05, 0.1) is 17.8 Å². The Labute approximate surface area is 122 Å². The van der Waals surface area contributed by atoms with Gasteiger partial charge in [0.15, 0.2) is 0 Å². The van der Waals surface area contributed by atoms with Crippen molar-refractivity contribution in [2.24, 2.45) is 0 Å². The molecule has 0 bridgehead atoms. The van der Waals surface area contributed by atoms with Crippen LogP contribution in [0.4, 0.5) is 0 Å². The summed E-state index contributed by atoms with van der Waals surface area (Å²) < 4.78 is 11.4. The molecule has 2 aliphatic rings. The van der Waals surface area contributed by atoms with Crippen LogP contribution in [-0.2, 0) is 9.47 Å². The molecule has 2 heterocycles. The first-order chi connectivity index (χ1) is 9.67. The van der Waals surface area contributed by atoms with Crippen LogP contribution in [0.2, 0.25) is 0 Å². The summed E-state index contributed by atoms with van der Waals surface area (Å²) in [6.07, 6.45) is 2.96. The molecular formula is C15H18O4S.